The van der Waals surface area contributed by atoms with Crippen LogP contribution in [-0.4, -0.2) is 46.3 Å². The zero-order chi connectivity index (χ0) is 25.3. The molecule has 0 bridgehead atoms. The number of rotatable bonds is 11. The molecule has 0 spiro atoms. The number of ether oxygens (including phenoxy) is 1. The topological polar surface area (TPSA) is 117 Å². The van der Waals surface area contributed by atoms with Crippen LogP contribution in [0.25, 0.3) is 0 Å². The Balaban J connectivity index is 1.37. The normalized spacial score (nSPS) is 14.2. The van der Waals surface area contributed by atoms with Crippen molar-refractivity contribution in [2.75, 3.05) is 26.2 Å². The van der Waals surface area contributed by atoms with E-state index in [2.05, 4.69) is 4.90 Å². The third kappa shape index (κ3) is 7.47. The Morgan fingerprint density at radius 2 is 1.42 bits per heavy atom. The first kappa shape index (κ1) is 25.5. The van der Waals surface area contributed by atoms with Crippen LogP contribution in [0.2, 0.25) is 0 Å². The van der Waals surface area contributed by atoms with Crippen molar-refractivity contribution in [3.05, 3.63) is 86.5 Å². The fourth-order valence-electron chi connectivity index (χ4n) is 4.27. The monoisotopic (exact) mass is 496 g/mol. The quantitative estimate of drug-likeness (QED) is 0.385. The third-order valence-corrected chi connectivity index (χ3v) is 6.16. The van der Waals surface area contributed by atoms with E-state index in [1.807, 2.05) is 29.2 Å². The second kappa shape index (κ2) is 12.4. The molecule has 0 amide bonds. The minimum absolute atomic E-state index is 0.231. The van der Waals surface area contributed by atoms with Gasteiger partial charge in [-0.1, -0.05) is 18.6 Å². The Morgan fingerprint density at radius 1 is 0.833 bits per heavy atom. The molecule has 1 aromatic carbocycles. The predicted molar refractivity (Wildman–Crippen MR) is 133 cm³/mol. The maximum Gasteiger partial charge on any atom is 0.226 e. The van der Waals surface area contributed by atoms with Crippen molar-refractivity contribution in [3.8, 4) is 17.2 Å². The molecule has 0 radical (unpaired) electrons. The number of piperidine rings is 1. The lowest BCUT2D eigenvalue weighted by Gasteiger charge is -2.26. The number of hydrogen-bond donors (Lipinski definition) is 2. The Hall–Kier alpha value is -3.56. The summed E-state index contributed by atoms with van der Waals surface area (Å²) >= 11 is 0. The molecule has 192 valence electrons. The van der Waals surface area contributed by atoms with Crippen molar-refractivity contribution in [1.82, 2.24) is 9.80 Å². The third-order valence-electron chi connectivity index (χ3n) is 6.16. The van der Waals surface area contributed by atoms with Gasteiger partial charge in [-0.2, -0.15) is 0 Å². The van der Waals surface area contributed by atoms with Crippen LogP contribution >= 0.6 is 0 Å². The molecule has 0 unspecified atom stereocenters. The van der Waals surface area contributed by atoms with Crippen LogP contribution in [0.5, 0.6) is 17.2 Å². The molecule has 1 aliphatic heterocycles. The van der Waals surface area contributed by atoms with E-state index >= 15 is 0 Å². The van der Waals surface area contributed by atoms with Gasteiger partial charge in [-0.25, -0.2) is 0 Å². The largest absolute Gasteiger partial charge is 0.502 e. The first-order chi connectivity index (χ1) is 17.5. The molecule has 1 aliphatic rings. The molecule has 1 fully saturated rings. The van der Waals surface area contributed by atoms with Crippen LogP contribution in [0.15, 0.2) is 67.3 Å². The van der Waals surface area contributed by atoms with Gasteiger partial charge in [0.2, 0.25) is 10.9 Å². The SMILES string of the molecule is O=c1cc(CN(Cc2ccc(OCCCN3CCCCC3)cc2)Cc2cc(=O)c(O)co2)occ1O. The molecule has 0 saturated carbocycles. The highest BCUT2D eigenvalue weighted by atomic mass is 16.5. The average Bonchev–Trinajstić information content (AvgIpc) is 2.88. The van der Waals surface area contributed by atoms with E-state index in [4.69, 9.17) is 13.6 Å². The van der Waals surface area contributed by atoms with E-state index in [1.165, 1.54) is 44.5 Å². The molecule has 3 aromatic rings. The molecule has 1 saturated heterocycles. The minimum Gasteiger partial charge on any atom is -0.502 e. The summed E-state index contributed by atoms with van der Waals surface area (Å²) in [4.78, 5) is 28.1. The number of aromatic hydroxyl groups is 2. The lowest BCUT2D eigenvalue weighted by Crippen LogP contribution is -2.31. The molecular formula is C27H32N2O7. The number of likely N-dealkylation sites (tertiary alicyclic amines) is 1. The summed E-state index contributed by atoms with van der Waals surface area (Å²) in [5.41, 5.74) is -0.0822. The Morgan fingerprint density at radius 3 is 1.97 bits per heavy atom. The average molecular weight is 497 g/mol. The zero-order valence-corrected chi connectivity index (χ0v) is 20.2. The van der Waals surface area contributed by atoms with Gasteiger partial charge in [0.05, 0.1) is 19.7 Å². The van der Waals surface area contributed by atoms with E-state index in [-0.39, 0.29) is 13.1 Å². The van der Waals surface area contributed by atoms with E-state index in [0.29, 0.717) is 24.7 Å². The molecule has 2 N–H and O–H groups in total. The summed E-state index contributed by atoms with van der Waals surface area (Å²) in [6, 6.07) is 10.2. The molecule has 4 rings (SSSR count). The second-order valence-electron chi connectivity index (χ2n) is 9.09. The molecule has 9 heteroatoms. The molecule has 2 aromatic heterocycles. The smallest absolute Gasteiger partial charge is 0.226 e. The molecule has 9 nitrogen and oxygen atoms in total. The van der Waals surface area contributed by atoms with Gasteiger partial charge in [0, 0.05) is 25.2 Å². The van der Waals surface area contributed by atoms with Crippen molar-refractivity contribution >= 4 is 0 Å². The number of hydrogen-bond acceptors (Lipinski definition) is 9. The van der Waals surface area contributed by atoms with Crippen LogP contribution in [0.1, 0.15) is 42.8 Å². The van der Waals surface area contributed by atoms with Crippen LogP contribution in [0.3, 0.4) is 0 Å². The number of benzene rings is 1. The van der Waals surface area contributed by atoms with E-state index in [0.717, 1.165) is 36.8 Å². The molecule has 0 aliphatic carbocycles. The van der Waals surface area contributed by atoms with E-state index in [9.17, 15) is 19.8 Å². The lowest BCUT2D eigenvalue weighted by molar-refractivity contribution is 0.203. The minimum atomic E-state index is -0.533. The van der Waals surface area contributed by atoms with Crippen molar-refractivity contribution in [1.29, 1.82) is 0 Å². The zero-order valence-electron chi connectivity index (χ0n) is 20.2. The molecular weight excluding hydrogens is 464 g/mol. The van der Waals surface area contributed by atoms with Gasteiger partial charge in [0.25, 0.3) is 0 Å². The van der Waals surface area contributed by atoms with Gasteiger partial charge in [-0.3, -0.25) is 14.5 Å². The Labute approximate surface area is 209 Å². The highest BCUT2D eigenvalue weighted by Crippen LogP contribution is 2.18. The van der Waals surface area contributed by atoms with Crippen molar-refractivity contribution in [2.24, 2.45) is 0 Å². The Bertz CT molecular complexity index is 1170. The summed E-state index contributed by atoms with van der Waals surface area (Å²) in [7, 11) is 0. The van der Waals surface area contributed by atoms with Crippen molar-refractivity contribution in [3.63, 3.8) is 0 Å². The van der Waals surface area contributed by atoms with Crippen molar-refractivity contribution in [2.45, 2.75) is 45.3 Å². The van der Waals surface area contributed by atoms with Gasteiger partial charge in [0.1, 0.15) is 29.8 Å². The molecule has 0 atom stereocenters. The summed E-state index contributed by atoms with van der Waals surface area (Å²) in [5.74, 6) is 0.598. The fraction of sp³-hybridized carbons (Fsp3) is 0.407. The van der Waals surface area contributed by atoms with Crippen LogP contribution in [0, 0.1) is 0 Å². The second-order valence-corrected chi connectivity index (χ2v) is 9.09. The van der Waals surface area contributed by atoms with Crippen molar-refractivity contribution < 1.29 is 23.8 Å². The molecule has 3 heterocycles. The van der Waals surface area contributed by atoms with Gasteiger partial charge < -0.3 is 28.7 Å². The summed E-state index contributed by atoms with van der Waals surface area (Å²) in [6.07, 6.45) is 6.92. The summed E-state index contributed by atoms with van der Waals surface area (Å²) in [6.45, 7) is 5.03. The van der Waals surface area contributed by atoms with Crippen LogP contribution in [0.4, 0.5) is 0 Å². The van der Waals surface area contributed by atoms with Crippen LogP contribution < -0.4 is 15.6 Å². The van der Waals surface area contributed by atoms with Gasteiger partial charge >= 0.3 is 0 Å². The Kier molecular flexibility index (Phi) is 8.80. The first-order valence-corrected chi connectivity index (χ1v) is 12.2. The maximum atomic E-state index is 11.8. The van der Waals surface area contributed by atoms with E-state index in [1.54, 1.807) is 0 Å². The maximum absolute atomic E-state index is 11.8. The highest BCUT2D eigenvalue weighted by molar-refractivity contribution is 5.27. The summed E-state index contributed by atoms with van der Waals surface area (Å²) in [5, 5.41) is 18.9. The van der Waals surface area contributed by atoms with E-state index < -0.39 is 22.4 Å². The summed E-state index contributed by atoms with van der Waals surface area (Å²) < 4.78 is 16.6. The standard InChI is InChI=1S/C27H32N2O7/c30-24-13-22(35-18-26(24)32)16-29(17-23-14-25(31)27(33)19-36-23)15-20-5-7-21(8-6-20)34-12-4-11-28-9-2-1-3-10-28/h5-8,13-14,18-19,32-33H,1-4,9-12,15-17H2. The molecule has 36 heavy (non-hydrogen) atoms. The predicted octanol–water partition coefficient (Wildman–Crippen LogP) is 3.46. The van der Waals surface area contributed by atoms with Crippen LogP contribution in [-0.2, 0) is 19.6 Å². The van der Waals surface area contributed by atoms with Gasteiger partial charge in [-0.15, -0.1) is 0 Å². The fourth-order valence-corrected chi connectivity index (χ4v) is 4.27. The highest BCUT2D eigenvalue weighted by Gasteiger charge is 2.14. The first-order valence-electron chi connectivity index (χ1n) is 12.2. The van der Waals surface area contributed by atoms with Gasteiger partial charge in [-0.05, 0) is 50.0 Å². The lowest BCUT2D eigenvalue weighted by atomic mass is 10.1. The number of nitrogens with zero attached hydrogens (tertiary/aromatic N) is 2. The van der Waals surface area contributed by atoms with Gasteiger partial charge in [0.15, 0.2) is 11.5 Å².